The molecule has 3 amide bonds. The van der Waals surface area contributed by atoms with Gasteiger partial charge >= 0.3 is 0 Å². The quantitative estimate of drug-likeness (QED) is 0.630. The van der Waals surface area contributed by atoms with Crippen LogP contribution >= 0.6 is 23.5 Å². The number of benzene rings is 1. The van der Waals surface area contributed by atoms with Crippen molar-refractivity contribution in [1.82, 2.24) is 20.4 Å². The van der Waals surface area contributed by atoms with E-state index in [1.807, 2.05) is 0 Å². The van der Waals surface area contributed by atoms with Gasteiger partial charge in [0.2, 0.25) is 11.8 Å². The molecule has 0 aliphatic carbocycles. The van der Waals surface area contributed by atoms with Gasteiger partial charge in [-0.2, -0.15) is 4.98 Å². The van der Waals surface area contributed by atoms with Gasteiger partial charge in [-0.05, 0) is 23.9 Å². The van der Waals surface area contributed by atoms with Crippen LogP contribution in [-0.2, 0) is 15.3 Å². The van der Waals surface area contributed by atoms with Crippen molar-refractivity contribution in [3.8, 4) is 0 Å². The summed E-state index contributed by atoms with van der Waals surface area (Å²) in [6, 6.07) is 6.00. The van der Waals surface area contributed by atoms with Crippen molar-refractivity contribution >= 4 is 46.7 Å². The molecule has 1 aliphatic heterocycles. The first-order chi connectivity index (χ1) is 13.9. The van der Waals surface area contributed by atoms with Gasteiger partial charge in [0.25, 0.3) is 11.1 Å². The first-order valence-corrected chi connectivity index (χ1v) is 10.5. The van der Waals surface area contributed by atoms with Gasteiger partial charge in [-0.1, -0.05) is 23.4 Å². The van der Waals surface area contributed by atoms with Crippen LogP contribution < -0.4 is 5.32 Å². The lowest BCUT2D eigenvalue weighted by atomic mass is 10.2. The number of hydrogen-bond donors (Lipinski definition) is 1. The predicted octanol–water partition coefficient (Wildman–Crippen LogP) is 2.60. The van der Waals surface area contributed by atoms with E-state index in [1.54, 1.807) is 19.1 Å². The third-order valence-electron chi connectivity index (χ3n) is 3.76. The molecule has 1 fully saturated rings. The maximum absolute atomic E-state index is 13.7. The Hall–Kier alpha value is -2.66. The standard InChI is InChI=1S/C18H17FN4O4S2/c1-11-21-15(22-27-11)9-28-10-16(24)20-6-7-23-17(25)14(29-18(23)26)8-12-4-2-3-5-13(12)19/h2-5,8H,6-7,9-10H2,1H3,(H,20,24)/b14-8-. The monoisotopic (exact) mass is 436 g/mol. The molecule has 2 heterocycles. The number of carbonyl (C=O) groups is 3. The first kappa shape index (κ1) is 21.1. The highest BCUT2D eigenvalue weighted by molar-refractivity contribution is 8.18. The number of carbonyl (C=O) groups excluding carboxylic acids is 3. The molecule has 1 aliphatic rings. The topological polar surface area (TPSA) is 105 Å². The number of hydrogen-bond acceptors (Lipinski definition) is 8. The molecule has 0 spiro atoms. The van der Waals surface area contributed by atoms with Crippen molar-refractivity contribution in [1.29, 1.82) is 0 Å². The second-order valence-corrected chi connectivity index (χ2v) is 7.91. The number of rotatable bonds is 8. The smallest absolute Gasteiger partial charge is 0.293 e. The van der Waals surface area contributed by atoms with Crippen LogP contribution in [0.1, 0.15) is 17.3 Å². The predicted molar refractivity (Wildman–Crippen MR) is 107 cm³/mol. The van der Waals surface area contributed by atoms with E-state index in [0.29, 0.717) is 17.5 Å². The second kappa shape index (κ2) is 9.70. The van der Waals surface area contributed by atoms with Gasteiger partial charge in [-0.15, -0.1) is 11.8 Å². The van der Waals surface area contributed by atoms with E-state index in [0.717, 1.165) is 16.7 Å². The second-order valence-electron chi connectivity index (χ2n) is 5.93. The highest BCUT2D eigenvalue weighted by atomic mass is 32.2. The zero-order chi connectivity index (χ0) is 20.8. The summed E-state index contributed by atoms with van der Waals surface area (Å²) < 4.78 is 18.6. The van der Waals surface area contributed by atoms with Gasteiger partial charge in [0.1, 0.15) is 5.82 Å². The molecule has 0 unspecified atom stereocenters. The van der Waals surface area contributed by atoms with Gasteiger partial charge < -0.3 is 9.84 Å². The number of nitrogens with one attached hydrogen (secondary N) is 1. The molecule has 2 aromatic rings. The molecule has 1 aromatic heterocycles. The van der Waals surface area contributed by atoms with E-state index in [9.17, 15) is 18.8 Å². The van der Waals surface area contributed by atoms with E-state index in [-0.39, 0.29) is 35.2 Å². The Morgan fingerprint density at radius 3 is 2.90 bits per heavy atom. The normalized spacial score (nSPS) is 15.4. The maximum atomic E-state index is 13.7. The van der Waals surface area contributed by atoms with Gasteiger partial charge in [0, 0.05) is 25.6 Å². The molecule has 1 saturated heterocycles. The van der Waals surface area contributed by atoms with Gasteiger partial charge in [-0.25, -0.2) is 4.39 Å². The van der Waals surface area contributed by atoms with Crippen LogP contribution in [0.2, 0.25) is 0 Å². The summed E-state index contributed by atoms with van der Waals surface area (Å²) in [6.45, 7) is 1.86. The minimum Gasteiger partial charge on any atom is -0.354 e. The molecule has 0 saturated carbocycles. The van der Waals surface area contributed by atoms with Crippen molar-refractivity contribution in [3.05, 3.63) is 52.3 Å². The highest BCUT2D eigenvalue weighted by Gasteiger charge is 2.34. The fourth-order valence-corrected chi connectivity index (χ4v) is 3.96. The fraction of sp³-hybridized carbons (Fsp3) is 0.278. The number of imide groups is 1. The summed E-state index contributed by atoms with van der Waals surface area (Å²) in [5.74, 6) is 0.395. The summed E-state index contributed by atoms with van der Waals surface area (Å²) in [5.41, 5.74) is 0.236. The molecule has 0 radical (unpaired) electrons. The van der Waals surface area contributed by atoms with Crippen LogP contribution in [0, 0.1) is 12.7 Å². The molecular weight excluding hydrogens is 419 g/mol. The number of aromatic nitrogens is 2. The third kappa shape index (κ3) is 5.67. The molecule has 1 aromatic carbocycles. The van der Waals surface area contributed by atoms with Crippen LogP contribution in [-0.4, -0.2) is 50.9 Å². The highest BCUT2D eigenvalue weighted by Crippen LogP contribution is 2.32. The number of aryl methyl sites for hydroxylation is 1. The molecular formula is C18H17FN4O4S2. The van der Waals surface area contributed by atoms with Gasteiger partial charge in [0.05, 0.1) is 16.4 Å². The summed E-state index contributed by atoms with van der Waals surface area (Å²) in [7, 11) is 0. The van der Waals surface area contributed by atoms with Crippen LogP contribution in [0.15, 0.2) is 33.7 Å². The van der Waals surface area contributed by atoms with E-state index >= 15 is 0 Å². The Balaban J connectivity index is 1.44. The van der Waals surface area contributed by atoms with Crippen LogP contribution in [0.3, 0.4) is 0 Å². The van der Waals surface area contributed by atoms with Gasteiger partial charge in [0.15, 0.2) is 5.82 Å². The molecule has 152 valence electrons. The summed E-state index contributed by atoms with van der Waals surface area (Å²) in [4.78, 5) is 41.6. The van der Waals surface area contributed by atoms with E-state index < -0.39 is 17.0 Å². The molecule has 8 nitrogen and oxygen atoms in total. The first-order valence-electron chi connectivity index (χ1n) is 8.57. The zero-order valence-electron chi connectivity index (χ0n) is 15.4. The molecule has 1 N–H and O–H groups in total. The van der Waals surface area contributed by atoms with E-state index in [1.165, 1.54) is 30.0 Å². The molecule has 3 rings (SSSR count). The number of halogens is 1. The Kier molecular flexibility index (Phi) is 7.04. The average Bonchev–Trinajstić information content (AvgIpc) is 3.21. The largest absolute Gasteiger partial charge is 0.354 e. The lowest BCUT2D eigenvalue weighted by molar-refractivity contribution is -0.123. The van der Waals surface area contributed by atoms with Crippen LogP contribution in [0.25, 0.3) is 6.08 Å². The summed E-state index contributed by atoms with van der Waals surface area (Å²) >= 11 is 2.07. The Labute approximate surface area is 174 Å². The number of nitrogens with zero attached hydrogens (tertiary/aromatic N) is 3. The molecule has 29 heavy (non-hydrogen) atoms. The maximum Gasteiger partial charge on any atom is 0.293 e. The van der Waals surface area contributed by atoms with Crippen molar-refractivity contribution in [3.63, 3.8) is 0 Å². The van der Waals surface area contributed by atoms with Crippen LogP contribution in [0.4, 0.5) is 9.18 Å². The van der Waals surface area contributed by atoms with Crippen molar-refractivity contribution in [2.45, 2.75) is 12.7 Å². The SMILES string of the molecule is Cc1nc(CSCC(=O)NCCN2C(=O)S/C(=C\c3ccccc3F)C2=O)no1. The lowest BCUT2D eigenvalue weighted by Gasteiger charge is -2.12. The fourth-order valence-electron chi connectivity index (χ4n) is 2.42. The van der Waals surface area contributed by atoms with E-state index in [4.69, 9.17) is 4.52 Å². The Morgan fingerprint density at radius 1 is 1.38 bits per heavy atom. The van der Waals surface area contributed by atoms with Gasteiger partial charge in [-0.3, -0.25) is 19.3 Å². The molecule has 11 heteroatoms. The number of amides is 3. The zero-order valence-corrected chi connectivity index (χ0v) is 17.0. The summed E-state index contributed by atoms with van der Waals surface area (Å²) in [5, 5.41) is 5.94. The Morgan fingerprint density at radius 2 is 2.17 bits per heavy atom. The Bertz CT molecular complexity index is 963. The van der Waals surface area contributed by atoms with Crippen molar-refractivity contribution in [2.24, 2.45) is 0 Å². The molecule has 0 atom stereocenters. The van der Waals surface area contributed by atoms with Crippen molar-refractivity contribution in [2.75, 3.05) is 18.8 Å². The van der Waals surface area contributed by atoms with Crippen LogP contribution in [0.5, 0.6) is 0 Å². The van der Waals surface area contributed by atoms with Crippen molar-refractivity contribution < 1.29 is 23.3 Å². The minimum atomic E-state index is -0.501. The lowest BCUT2D eigenvalue weighted by Crippen LogP contribution is -2.37. The third-order valence-corrected chi connectivity index (χ3v) is 5.59. The summed E-state index contributed by atoms with van der Waals surface area (Å²) in [6.07, 6.45) is 1.36. The van der Waals surface area contributed by atoms with E-state index in [2.05, 4.69) is 15.5 Å². The minimum absolute atomic E-state index is 0.0414. The number of thioether (sulfide) groups is 2. The molecule has 0 bridgehead atoms. The average molecular weight is 436 g/mol.